The summed E-state index contributed by atoms with van der Waals surface area (Å²) in [6, 6.07) is 7.83. The Labute approximate surface area is 102 Å². The molecule has 2 rings (SSSR count). The zero-order valence-corrected chi connectivity index (χ0v) is 10.4. The van der Waals surface area contributed by atoms with Crippen LogP contribution in [0.4, 0.5) is 5.82 Å². The highest BCUT2D eigenvalue weighted by atomic mass is 79.9. The summed E-state index contributed by atoms with van der Waals surface area (Å²) in [5, 5.41) is 2.92. The summed E-state index contributed by atoms with van der Waals surface area (Å²) in [4.78, 5) is 4.24. The summed E-state index contributed by atoms with van der Waals surface area (Å²) < 4.78 is 6.32. The van der Waals surface area contributed by atoms with Crippen molar-refractivity contribution < 1.29 is 4.42 Å². The number of halogens is 2. The molecule has 0 saturated heterocycles. The van der Waals surface area contributed by atoms with Crippen molar-refractivity contribution in [2.24, 2.45) is 0 Å². The van der Waals surface area contributed by atoms with E-state index in [-0.39, 0.29) is 12.4 Å². The van der Waals surface area contributed by atoms with Crippen LogP contribution in [0, 0.1) is 0 Å². The molecule has 0 spiro atoms. The number of rotatable bonds is 2. The van der Waals surface area contributed by atoms with Crippen molar-refractivity contribution in [2.75, 3.05) is 12.4 Å². The van der Waals surface area contributed by atoms with Gasteiger partial charge in [-0.25, -0.2) is 0 Å². The molecule has 0 radical (unpaired) electrons. The third kappa shape index (κ3) is 2.73. The van der Waals surface area contributed by atoms with Gasteiger partial charge in [0, 0.05) is 17.1 Å². The second-order valence-corrected chi connectivity index (χ2v) is 3.71. The molecule has 0 aliphatic carbocycles. The van der Waals surface area contributed by atoms with Crippen molar-refractivity contribution in [1.82, 2.24) is 4.98 Å². The van der Waals surface area contributed by atoms with Gasteiger partial charge in [-0.1, -0.05) is 22.0 Å². The fourth-order valence-electron chi connectivity index (χ4n) is 1.14. The summed E-state index contributed by atoms with van der Waals surface area (Å²) in [6.07, 6.45) is 1.59. The minimum Gasteiger partial charge on any atom is -0.442 e. The highest BCUT2D eigenvalue weighted by molar-refractivity contribution is 9.10. The average Bonchev–Trinajstić information content (AvgIpc) is 2.66. The van der Waals surface area contributed by atoms with Gasteiger partial charge < -0.3 is 9.73 Å². The zero-order valence-electron chi connectivity index (χ0n) is 8.03. The van der Waals surface area contributed by atoms with E-state index in [1.807, 2.05) is 31.3 Å². The maximum Gasteiger partial charge on any atom is 0.228 e. The third-order valence-electron chi connectivity index (χ3n) is 1.83. The molecule has 2 aromatic rings. The molecule has 1 aromatic heterocycles. The Kier molecular flexibility index (Phi) is 4.17. The van der Waals surface area contributed by atoms with Gasteiger partial charge in [-0.15, -0.1) is 12.4 Å². The summed E-state index contributed by atoms with van der Waals surface area (Å²) in [5.74, 6) is 1.36. The second kappa shape index (κ2) is 5.19. The molecule has 0 amide bonds. The van der Waals surface area contributed by atoms with E-state index in [0.717, 1.165) is 15.9 Å². The first kappa shape index (κ1) is 12.1. The lowest BCUT2D eigenvalue weighted by molar-refractivity contribution is 0.575. The Morgan fingerprint density at radius 2 is 2.20 bits per heavy atom. The van der Waals surface area contributed by atoms with Gasteiger partial charge in [0.05, 0.1) is 0 Å². The van der Waals surface area contributed by atoms with Gasteiger partial charge >= 0.3 is 0 Å². The smallest absolute Gasteiger partial charge is 0.228 e. The Balaban J connectivity index is 0.00000112. The van der Waals surface area contributed by atoms with Gasteiger partial charge in [-0.05, 0) is 18.2 Å². The number of aromatic nitrogens is 1. The van der Waals surface area contributed by atoms with Crippen LogP contribution in [0.25, 0.3) is 11.5 Å². The van der Waals surface area contributed by atoms with Gasteiger partial charge in [-0.2, -0.15) is 4.98 Å². The number of hydrogen-bond donors (Lipinski definition) is 1. The Bertz CT molecular complexity index is 444. The van der Waals surface area contributed by atoms with Crippen LogP contribution in [0.5, 0.6) is 0 Å². The summed E-state index contributed by atoms with van der Waals surface area (Å²) in [6.45, 7) is 0. The molecule has 5 heteroatoms. The molecular weight excluding hydrogens is 279 g/mol. The number of anilines is 1. The van der Waals surface area contributed by atoms with Gasteiger partial charge in [0.1, 0.15) is 6.26 Å². The zero-order chi connectivity index (χ0) is 9.97. The molecule has 1 aromatic carbocycles. The lowest BCUT2D eigenvalue weighted by atomic mass is 10.2. The first-order chi connectivity index (χ1) is 6.79. The molecule has 15 heavy (non-hydrogen) atoms. The van der Waals surface area contributed by atoms with E-state index in [9.17, 15) is 0 Å². The van der Waals surface area contributed by atoms with Gasteiger partial charge in [-0.3, -0.25) is 0 Å². The van der Waals surface area contributed by atoms with Crippen LogP contribution >= 0.6 is 28.3 Å². The van der Waals surface area contributed by atoms with Gasteiger partial charge in [0.15, 0.2) is 5.82 Å². The fourth-order valence-corrected chi connectivity index (χ4v) is 1.54. The van der Waals surface area contributed by atoms with Crippen LogP contribution in [0.2, 0.25) is 0 Å². The van der Waals surface area contributed by atoms with Crippen LogP contribution < -0.4 is 5.32 Å². The molecule has 0 aliphatic rings. The monoisotopic (exact) mass is 288 g/mol. The van der Waals surface area contributed by atoms with Crippen molar-refractivity contribution in [2.45, 2.75) is 0 Å². The van der Waals surface area contributed by atoms with E-state index in [1.54, 1.807) is 6.26 Å². The SMILES string of the molecule is CNc1coc(-c2cccc(Br)c2)n1.Cl. The van der Waals surface area contributed by atoms with Crippen LogP contribution in [-0.4, -0.2) is 12.0 Å². The van der Waals surface area contributed by atoms with Crippen molar-refractivity contribution >= 4 is 34.2 Å². The van der Waals surface area contributed by atoms with Crippen LogP contribution in [0.3, 0.4) is 0 Å². The number of hydrogen-bond acceptors (Lipinski definition) is 3. The quantitative estimate of drug-likeness (QED) is 0.918. The summed E-state index contributed by atoms with van der Waals surface area (Å²) >= 11 is 3.40. The second-order valence-electron chi connectivity index (χ2n) is 2.80. The van der Waals surface area contributed by atoms with Crippen molar-refractivity contribution in [3.63, 3.8) is 0 Å². The maximum atomic E-state index is 5.30. The first-order valence-corrected chi connectivity index (χ1v) is 4.98. The summed E-state index contributed by atoms with van der Waals surface area (Å²) in [5.41, 5.74) is 0.959. The fraction of sp³-hybridized carbons (Fsp3) is 0.100. The predicted octanol–water partition coefficient (Wildman–Crippen LogP) is 3.57. The van der Waals surface area contributed by atoms with E-state index in [0.29, 0.717) is 5.89 Å². The number of oxazole rings is 1. The van der Waals surface area contributed by atoms with Gasteiger partial charge in [0.2, 0.25) is 5.89 Å². The standard InChI is InChI=1S/C10H9BrN2O.ClH/c1-12-9-6-14-10(13-9)7-3-2-4-8(11)5-7;/h2-6,12H,1H3;1H. The summed E-state index contributed by atoms with van der Waals surface area (Å²) in [7, 11) is 1.81. The molecule has 0 saturated carbocycles. The molecule has 0 unspecified atom stereocenters. The molecular formula is C10H10BrClN2O. The third-order valence-corrected chi connectivity index (χ3v) is 2.33. The molecule has 0 atom stereocenters. The number of nitrogens with one attached hydrogen (secondary N) is 1. The Morgan fingerprint density at radius 3 is 2.80 bits per heavy atom. The number of benzene rings is 1. The maximum absolute atomic E-state index is 5.30. The highest BCUT2D eigenvalue weighted by Gasteiger charge is 2.05. The van der Waals surface area contributed by atoms with Crippen molar-refractivity contribution in [3.05, 3.63) is 35.0 Å². The molecule has 80 valence electrons. The van der Waals surface area contributed by atoms with Crippen LogP contribution in [-0.2, 0) is 0 Å². The predicted molar refractivity (Wildman–Crippen MR) is 66.4 cm³/mol. The first-order valence-electron chi connectivity index (χ1n) is 4.19. The number of nitrogens with zero attached hydrogens (tertiary/aromatic N) is 1. The average molecular weight is 290 g/mol. The normalized spacial score (nSPS) is 9.47. The van der Waals surface area contributed by atoms with E-state index < -0.39 is 0 Å². The lowest BCUT2D eigenvalue weighted by Gasteiger charge is -1.95. The topological polar surface area (TPSA) is 38.1 Å². The van der Waals surface area contributed by atoms with Crippen molar-refractivity contribution in [3.8, 4) is 11.5 Å². The van der Waals surface area contributed by atoms with E-state index in [1.165, 1.54) is 0 Å². The molecule has 1 heterocycles. The molecule has 1 N–H and O–H groups in total. The Morgan fingerprint density at radius 1 is 1.40 bits per heavy atom. The molecule has 3 nitrogen and oxygen atoms in total. The molecule has 0 bridgehead atoms. The van der Waals surface area contributed by atoms with Gasteiger partial charge in [0.25, 0.3) is 0 Å². The minimum absolute atomic E-state index is 0. The lowest BCUT2D eigenvalue weighted by Crippen LogP contribution is -1.86. The molecule has 0 aliphatic heterocycles. The minimum atomic E-state index is 0. The van der Waals surface area contributed by atoms with Crippen LogP contribution in [0.1, 0.15) is 0 Å². The highest BCUT2D eigenvalue weighted by Crippen LogP contribution is 2.23. The van der Waals surface area contributed by atoms with Crippen molar-refractivity contribution in [1.29, 1.82) is 0 Å². The largest absolute Gasteiger partial charge is 0.442 e. The van der Waals surface area contributed by atoms with E-state index in [4.69, 9.17) is 4.42 Å². The van der Waals surface area contributed by atoms with E-state index >= 15 is 0 Å². The van der Waals surface area contributed by atoms with Crippen LogP contribution in [0.15, 0.2) is 39.4 Å². The van der Waals surface area contributed by atoms with E-state index in [2.05, 4.69) is 26.2 Å². The molecule has 0 fully saturated rings. The Hall–Kier alpha value is -1.000.